The molecule has 3 heterocycles. The minimum absolute atomic E-state index is 0.0594. The van der Waals surface area contributed by atoms with Crippen LogP contribution in [0.15, 0.2) is 30.3 Å². The Hall–Kier alpha value is -2.45. The third-order valence-corrected chi connectivity index (χ3v) is 7.75. The second-order valence-electron chi connectivity index (χ2n) is 9.74. The lowest BCUT2D eigenvalue weighted by molar-refractivity contribution is 0.0276. The number of nitrogens with one attached hydrogen (secondary N) is 1. The number of nitrogens with zero attached hydrogens (tertiary/aromatic N) is 3. The van der Waals surface area contributed by atoms with Crippen molar-refractivity contribution in [3.05, 3.63) is 45.9 Å². The van der Waals surface area contributed by atoms with Crippen LogP contribution >= 0.6 is 23.2 Å². The Kier molecular flexibility index (Phi) is 7.62. The fraction of sp³-hybridized carbons (Fsp3) is 0.444. The number of carbonyl (C=O) groups excluding carboxylic acids is 1. The van der Waals surface area contributed by atoms with Crippen LogP contribution in [0.2, 0.25) is 10.0 Å². The molecule has 2 N–H and O–H groups in total. The molecule has 0 amide bonds. The predicted octanol–water partition coefficient (Wildman–Crippen LogP) is 5.81. The Bertz CT molecular complexity index is 1250. The summed E-state index contributed by atoms with van der Waals surface area (Å²) in [5.74, 6) is 1.12. The number of fused-ring (bicyclic) bond motifs is 1. The van der Waals surface area contributed by atoms with Gasteiger partial charge in [-0.1, -0.05) is 23.2 Å². The molecule has 2 aromatic heterocycles. The summed E-state index contributed by atoms with van der Waals surface area (Å²) in [4.78, 5) is 24.5. The van der Waals surface area contributed by atoms with Gasteiger partial charge in [0.15, 0.2) is 11.5 Å². The third kappa shape index (κ3) is 5.59. The number of pyridine rings is 2. The molecule has 0 bridgehead atoms. The molecular weight excluding hydrogens is 499 g/mol. The molecule has 0 spiro atoms. The summed E-state index contributed by atoms with van der Waals surface area (Å²) in [5.41, 5.74) is 3.14. The van der Waals surface area contributed by atoms with E-state index < -0.39 is 0 Å². The van der Waals surface area contributed by atoms with Gasteiger partial charge >= 0.3 is 0 Å². The molecule has 36 heavy (non-hydrogen) atoms. The van der Waals surface area contributed by atoms with Crippen molar-refractivity contribution in [2.75, 3.05) is 38.2 Å². The fourth-order valence-corrected chi connectivity index (χ4v) is 5.63. The highest BCUT2D eigenvalue weighted by Crippen LogP contribution is 2.36. The van der Waals surface area contributed by atoms with Crippen molar-refractivity contribution in [1.82, 2.24) is 14.9 Å². The van der Waals surface area contributed by atoms with E-state index >= 15 is 0 Å². The van der Waals surface area contributed by atoms with Gasteiger partial charge in [-0.3, -0.25) is 9.69 Å². The van der Waals surface area contributed by atoms with Crippen LogP contribution in [-0.2, 0) is 4.74 Å². The molecule has 3 aromatic rings. The normalized spacial score (nSPS) is 21.0. The van der Waals surface area contributed by atoms with E-state index in [-0.39, 0.29) is 21.6 Å². The fourth-order valence-electron chi connectivity index (χ4n) is 5.14. The molecule has 1 aliphatic heterocycles. The number of anilines is 1. The average Bonchev–Trinajstić information content (AvgIpc) is 2.88. The zero-order chi connectivity index (χ0) is 25.2. The number of ketones is 1. The van der Waals surface area contributed by atoms with Crippen LogP contribution in [0.1, 0.15) is 43.0 Å². The number of halogens is 2. The van der Waals surface area contributed by atoms with Crippen LogP contribution in [0.4, 0.5) is 5.82 Å². The van der Waals surface area contributed by atoms with Gasteiger partial charge in [-0.05, 0) is 68.9 Å². The molecule has 7 nitrogen and oxygen atoms in total. The quantitative estimate of drug-likeness (QED) is 0.390. The summed E-state index contributed by atoms with van der Waals surface area (Å²) < 4.78 is 5.47. The van der Waals surface area contributed by atoms with Crippen molar-refractivity contribution in [3.63, 3.8) is 0 Å². The smallest absolute Gasteiger partial charge is 0.163 e. The van der Waals surface area contributed by atoms with Gasteiger partial charge in [0, 0.05) is 31.2 Å². The molecule has 0 unspecified atom stereocenters. The molecule has 1 aromatic carbocycles. The zero-order valence-electron chi connectivity index (χ0n) is 20.3. The number of phenolic OH excluding ortho intramolecular Hbond substituents is 1. The standard InChI is InChI=1S/C27H30Cl2N4O3/c1-16(34)20-14-25-24(7-6-23(31-25)18-12-21(28)26(35)22(29)13-18)32-27(20)30-19-4-2-17(3-5-19)15-33-8-10-36-11-9-33/h6-7,12-14,17,19,35H,2-5,8-11,15H2,1H3,(H,30,32). The number of Topliss-reactive ketones (excluding diaryl/α,β-unsaturated/α-hetero) is 1. The molecule has 0 atom stereocenters. The molecule has 2 fully saturated rings. The number of hydrogen-bond donors (Lipinski definition) is 2. The number of ether oxygens (including phenoxy) is 1. The number of carbonyl (C=O) groups is 1. The van der Waals surface area contributed by atoms with Crippen LogP contribution in [0, 0.1) is 5.92 Å². The Morgan fingerprint density at radius 3 is 2.42 bits per heavy atom. The first kappa shape index (κ1) is 25.2. The van der Waals surface area contributed by atoms with E-state index in [1.165, 1.54) is 12.8 Å². The maximum Gasteiger partial charge on any atom is 0.163 e. The minimum atomic E-state index is -0.158. The zero-order valence-corrected chi connectivity index (χ0v) is 21.8. The van der Waals surface area contributed by atoms with Crippen molar-refractivity contribution in [2.45, 2.75) is 38.6 Å². The maximum absolute atomic E-state index is 12.5. The number of morpholine rings is 1. The minimum Gasteiger partial charge on any atom is -0.505 e. The van der Waals surface area contributed by atoms with Gasteiger partial charge in [-0.15, -0.1) is 0 Å². The third-order valence-electron chi connectivity index (χ3n) is 7.17. The largest absolute Gasteiger partial charge is 0.505 e. The van der Waals surface area contributed by atoms with Gasteiger partial charge in [0.25, 0.3) is 0 Å². The van der Waals surface area contributed by atoms with E-state index in [1.807, 2.05) is 12.1 Å². The second kappa shape index (κ2) is 10.9. The number of rotatable bonds is 6. The van der Waals surface area contributed by atoms with E-state index in [1.54, 1.807) is 25.1 Å². The Labute approximate surface area is 220 Å². The first-order valence-corrected chi connectivity index (χ1v) is 13.2. The number of aromatic nitrogens is 2. The predicted molar refractivity (Wildman–Crippen MR) is 143 cm³/mol. The highest BCUT2D eigenvalue weighted by molar-refractivity contribution is 6.37. The van der Waals surface area contributed by atoms with Crippen molar-refractivity contribution < 1.29 is 14.6 Å². The molecule has 2 aliphatic rings. The van der Waals surface area contributed by atoms with Crippen LogP contribution < -0.4 is 5.32 Å². The van der Waals surface area contributed by atoms with Gasteiger partial charge in [0.2, 0.25) is 0 Å². The van der Waals surface area contributed by atoms with Gasteiger partial charge in [0.1, 0.15) is 5.82 Å². The van der Waals surface area contributed by atoms with E-state index in [4.69, 9.17) is 37.9 Å². The van der Waals surface area contributed by atoms with Crippen LogP contribution in [-0.4, -0.2) is 64.6 Å². The summed E-state index contributed by atoms with van der Waals surface area (Å²) in [5, 5.41) is 13.7. The van der Waals surface area contributed by atoms with Gasteiger partial charge in [0.05, 0.1) is 45.5 Å². The lowest BCUT2D eigenvalue weighted by Crippen LogP contribution is -2.40. The summed E-state index contributed by atoms with van der Waals surface area (Å²) in [6.07, 6.45) is 4.46. The van der Waals surface area contributed by atoms with Crippen molar-refractivity contribution >= 4 is 45.8 Å². The first-order chi connectivity index (χ1) is 17.4. The molecule has 9 heteroatoms. The molecule has 0 radical (unpaired) electrons. The summed E-state index contributed by atoms with van der Waals surface area (Å²) in [7, 11) is 0. The molecule has 5 rings (SSSR count). The van der Waals surface area contributed by atoms with E-state index in [0.29, 0.717) is 45.6 Å². The lowest BCUT2D eigenvalue weighted by Gasteiger charge is -2.34. The SMILES string of the molecule is CC(=O)c1cc2nc(-c3cc(Cl)c(O)c(Cl)c3)ccc2nc1NC1CCC(CN2CCOCC2)CC1. The monoisotopic (exact) mass is 528 g/mol. The summed E-state index contributed by atoms with van der Waals surface area (Å²) in [6, 6.07) is 9.03. The molecule has 1 saturated heterocycles. The van der Waals surface area contributed by atoms with Gasteiger partial charge < -0.3 is 15.2 Å². The highest BCUT2D eigenvalue weighted by atomic mass is 35.5. The molecule has 190 valence electrons. The van der Waals surface area contributed by atoms with E-state index in [9.17, 15) is 9.90 Å². The van der Waals surface area contributed by atoms with Crippen LogP contribution in [0.25, 0.3) is 22.3 Å². The van der Waals surface area contributed by atoms with Crippen molar-refractivity contribution in [2.24, 2.45) is 5.92 Å². The second-order valence-corrected chi connectivity index (χ2v) is 10.6. The van der Waals surface area contributed by atoms with Crippen LogP contribution in [0.5, 0.6) is 5.75 Å². The van der Waals surface area contributed by atoms with Crippen LogP contribution in [0.3, 0.4) is 0 Å². The average molecular weight is 529 g/mol. The Morgan fingerprint density at radius 2 is 1.75 bits per heavy atom. The van der Waals surface area contributed by atoms with Crippen molar-refractivity contribution in [3.8, 4) is 17.0 Å². The van der Waals surface area contributed by atoms with E-state index in [0.717, 1.165) is 45.7 Å². The number of benzene rings is 1. The van der Waals surface area contributed by atoms with Gasteiger partial charge in [-0.25, -0.2) is 9.97 Å². The number of phenols is 1. The highest BCUT2D eigenvalue weighted by Gasteiger charge is 2.25. The Balaban J connectivity index is 1.32. The molecular formula is C27H30Cl2N4O3. The summed E-state index contributed by atoms with van der Waals surface area (Å²) in [6.45, 7) is 6.44. The Morgan fingerprint density at radius 1 is 1.06 bits per heavy atom. The number of hydrogen-bond acceptors (Lipinski definition) is 7. The topological polar surface area (TPSA) is 87.6 Å². The molecule has 1 aliphatic carbocycles. The van der Waals surface area contributed by atoms with E-state index in [2.05, 4.69) is 10.2 Å². The van der Waals surface area contributed by atoms with Crippen molar-refractivity contribution in [1.29, 1.82) is 0 Å². The summed E-state index contributed by atoms with van der Waals surface area (Å²) >= 11 is 12.2. The first-order valence-electron chi connectivity index (χ1n) is 12.4. The van der Waals surface area contributed by atoms with Gasteiger partial charge in [-0.2, -0.15) is 0 Å². The lowest BCUT2D eigenvalue weighted by atomic mass is 9.85. The number of aromatic hydroxyl groups is 1. The maximum atomic E-state index is 12.5. The molecule has 1 saturated carbocycles.